The van der Waals surface area contributed by atoms with Gasteiger partial charge in [-0.3, -0.25) is 9.35 Å². The Morgan fingerprint density at radius 1 is 0.923 bits per heavy atom. The van der Waals surface area contributed by atoms with Crippen LogP contribution in [0.15, 0.2) is 0 Å². The molecular formula is C17H33NaO7S. The summed E-state index contributed by atoms with van der Waals surface area (Å²) in [6, 6.07) is 0. The Bertz CT molecular complexity index is 446. The van der Waals surface area contributed by atoms with Gasteiger partial charge < -0.3 is 14.6 Å². The molecule has 1 unspecified atom stereocenters. The predicted octanol–water partition coefficient (Wildman–Crippen LogP) is -0.513. The van der Waals surface area contributed by atoms with E-state index in [1.807, 2.05) is 6.92 Å². The number of hydrogen-bond donors (Lipinski definition) is 1. The maximum atomic E-state index is 11.2. The van der Waals surface area contributed by atoms with E-state index in [-0.39, 0.29) is 36.2 Å². The molecule has 1 N–H and O–H groups in total. The van der Waals surface area contributed by atoms with Crippen molar-refractivity contribution in [2.45, 2.75) is 90.2 Å². The normalized spacial score (nSPS) is 11.5. The molecule has 7 nitrogen and oxygen atoms in total. The van der Waals surface area contributed by atoms with E-state index in [1.165, 1.54) is 38.5 Å². The SMILES string of the molecule is CCCCCCCC.CCCCCOC(=O)C(CC(=O)[O-])S(=O)(=O)O.[Na+]. The van der Waals surface area contributed by atoms with Gasteiger partial charge >= 0.3 is 35.5 Å². The van der Waals surface area contributed by atoms with Crippen LogP contribution < -0.4 is 34.7 Å². The maximum Gasteiger partial charge on any atom is 1.00 e. The second-order valence-electron chi connectivity index (χ2n) is 5.87. The number of hydrogen-bond acceptors (Lipinski definition) is 6. The number of ether oxygens (including phenoxy) is 1. The van der Waals surface area contributed by atoms with Crippen LogP contribution in [-0.4, -0.2) is 36.8 Å². The summed E-state index contributed by atoms with van der Waals surface area (Å²) in [5, 5.41) is 8.13. The van der Waals surface area contributed by atoms with Crippen LogP contribution in [0.1, 0.15) is 85.0 Å². The van der Waals surface area contributed by atoms with Crippen LogP contribution in [0.25, 0.3) is 0 Å². The van der Waals surface area contributed by atoms with Gasteiger partial charge in [0.2, 0.25) is 0 Å². The molecule has 0 radical (unpaired) electrons. The van der Waals surface area contributed by atoms with Crippen molar-refractivity contribution in [2.75, 3.05) is 6.61 Å². The Kier molecular flexibility index (Phi) is 23.1. The molecule has 0 aliphatic rings. The van der Waals surface area contributed by atoms with Crippen molar-refractivity contribution < 1.29 is 62.0 Å². The molecule has 0 rings (SSSR count). The Labute approximate surface area is 180 Å². The summed E-state index contributed by atoms with van der Waals surface area (Å²) >= 11 is 0. The van der Waals surface area contributed by atoms with E-state index in [1.54, 1.807) is 0 Å². The summed E-state index contributed by atoms with van der Waals surface area (Å²) in [5.74, 6) is -3.02. The van der Waals surface area contributed by atoms with Crippen LogP contribution in [0.4, 0.5) is 0 Å². The number of esters is 1. The Balaban J connectivity index is -0.000000498. The Morgan fingerprint density at radius 2 is 1.35 bits per heavy atom. The fourth-order valence-corrected chi connectivity index (χ4v) is 2.59. The molecular weight excluding hydrogens is 371 g/mol. The van der Waals surface area contributed by atoms with Crippen LogP contribution in [-0.2, 0) is 24.4 Å². The van der Waals surface area contributed by atoms with Crippen LogP contribution in [0.3, 0.4) is 0 Å². The zero-order valence-corrected chi connectivity index (χ0v) is 19.5. The van der Waals surface area contributed by atoms with Crippen molar-refractivity contribution in [3.63, 3.8) is 0 Å². The number of rotatable bonds is 13. The second-order valence-corrected chi connectivity index (χ2v) is 7.47. The first kappa shape index (κ1) is 30.6. The number of unbranched alkanes of at least 4 members (excludes halogenated alkanes) is 7. The van der Waals surface area contributed by atoms with E-state index < -0.39 is 33.7 Å². The van der Waals surface area contributed by atoms with Crippen LogP contribution >= 0.6 is 0 Å². The van der Waals surface area contributed by atoms with Gasteiger partial charge in [0.05, 0.1) is 6.61 Å². The maximum absolute atomic E-state index is 11.2. The van der Waals surface area contributed by atoms with Gasteiger partial charge in [-0.1, -0.05) is 72.1 Å². The van der Waals surface area contributed by atoms with Gasteiger partial charge in [0.15, 0.2) is 5.25 Å². The molecule has 0 heterocycles. The Morgan fingerprint density at radius 3 is 1.69 bits per heavy atom. The van der Waals surface area contributed by atoms with Crippen molar-refractivity contribution in [3.05, 3.63) is 0 Å². The van der Waals surface area contributed by atoms with Gasteiger partial charge in [-0.25, -0.2) is 0 Å². The molecule has 26 heavy (non-hydrogen) atoms. The minimum absolute atomic E-state index is 0. The summed E-state index contributed by atoms with van der Waals surface area (Å²) in [4.78, 5) is 21.5. The van der Waals surface area contributed by atoms with Gasteiger partial charge in [0, 0.05) is 12.4 Å². The average molecular weight is 405 g/mol. The number of carbonyl (C=O) groups is 2. The van der Waals surface area contributed by atoms with E-state index in [2.05, 4.69) is 18.6 Å². The minimum Gasteiger partial charge on any atom is -0.550 e. The quantitative estimate of drug-likeness (QED) is 0.190. The van der Waals surface area contributed by atoms with Gasteiger partial charge in [-0.2, -0.15) is 8.42 Å². The molecule has 0 amide bonds. The first-order valence-electron chi connectivity index (χ1n) is 9.03. The van der Waals surface area contributed by atoms with Crippen molar-refractivity contribution in [2.24, 2.45) is 0 Å². The summed E-state index contributed by atoms with van der Waals surface area (Å²) in [7, 11) is -4.80. The third-order valence-corrected chi connectivity index (χ3v) is 4.50. The molecule has 0 aromatic carbocycles. The number of carboxylic acid groups (broad SMARTS) is 1. The van der Waals surface area contributed by atoms with E-state index in [9.17, 15) is 23.1 Å². The summed E-state index contributed by atoms with van der Waals surface area (Å²) < 4.78 is 34.8. The van der Waals surface area contributed by atoms with E-state index in [0.29, 0.717) is 6.42 Å². The average Bonchev–Trinajstić information content (AvgIpc) is 2.53. The standard InChI is InChI=1S/C9H16O7S.C8H18.Na/c1-2-3-4-5-16-9(12)7(6-8(10)11)17(13,14)15;1-3-5-7-8-6-4-2;/h7H,2-6H2,1H3,(H,10,11)(H,13,14,15);3-8H2,1-2H3;/q;;+1/p-1. The van der Waals surface area contributed by atoms with E-state index in [0.717, 1.165) is 12.8 Å². The monoisotopic (exact) mass is 404 g/mol. The van der Waals surface area contributed by atoms with Crippen LogP contribution in [0, 0.1) is 0 Å². The van der Waals surface area contributed by atoms with Gasteiger partial charge in [0.1, 0.15) is 0 Å². The fourth-order valence-electron chi connectivity index (χ4n) is 1.93. The van der Waals surface area contributed by atoms with Crippen molar-refractivity contribution in [3.8, 4) is 0 Å². The van der Waals surface area contributed by atoms with E-state index >= 15 is 0 Å². The van der Waals surface area contributed by atoms with Crippen LogP contribution in [0.2, 0.25) is 0 Å². The second kappa shape index (κ2) is 19.6. The molecule has 150 valence electrons. The van der Waals surface area contributed by atoms with Gasteiger partial charge in [-0.05, 0) is 6.42 Å². The zero-order valence-electron chi connectivity index (χ0n) is 16.7. The summed E-state index contributed by atoms with van der Waals surface area (Å²) in [5.41, 5.74) is 0. The van der Waals surface area contributed by atoms with Crippen molar-refractivity contribution in [1.29, 1.82) is 0 Å². The smallest absolute Gasteiger partial charge is 0.550 e. The largest absolute Gasteiger partial charge is 1.00 e. The molecule has 0 saturated carbocycles. The molecule has 1 atom stereocenters. The molecule has 0 aliphatic heterocycles. The molecule has 0 aliphatic carbocycles. The number of carbonyl (C=O) groups excluding carboxylic acids is 2. The fraction of sp³-hybridized carbons (Fsp3) is 0.882. The first-order valence-corrected chi connectivity index (χ1v) is 10.5. The zero-order chi connectivity index (χ0) is 19.7. The van der Waals surface area contributed by atoms with Crippen LogP contribution in [0.5, 0.6) is 0 Å². The van der Waals surface area contributed by atoms with Gasteiger partial charge in [-0.15, -0.1) is 0 Å². The molecule has 0 spiro atoms. The van der Waals surface area contributed by atoms with Crippen molar-refractivity contribution in [1.82, 2.24) is 0 Å². The summed E-state index contributed by atoms with van der Waals surface area (Å²) in [6.45, 7) is 6.43. The summed E-state index contributed by atoms with van der Waals surface area (Å²) in [6.07, 6.45) is 9.60. The van der Waals surface area contributed by atoms with Gasteiger partial charge in [0.25, 0.3) is 10.1 Å². The Hall–Kier alpha value is -0.150. The minimum atomic E-state index is -4.80. The number of carboxylic acids is 1. The van der Waals surface area contributed by atoms with Crippen molar-refractivity contribution >= 4 is 22.1 Å². The molecule has 0 aromatic heterocycles. The topological polar surface area (TPSA) is 121 Å². The van der Waals surface area contributed by atoms with E-state index in [4.69, 9.17) is 4.55 Å². The predicted molar refractivity (Wildman–Crippen MR) is 94.5 cm³/mol. The first-order chi connectivity index (χ1) is 11.7. The third kappa shape index (κ3) is 20.2. The molecule has 0 bridgehead atoms. The molecule has 0 fully saturated rings. The molecule has 9 heteroatoms. The molecule has 0 saturated heterocycles. The third-order valence-electron chi connectivity index (χ3n) is 3.42. The molecule has 0 aromatic rings. The number of aliphatic carboxylic acids is 1.